The molecule has 380 valence electrons. The third-order valence-electron chi connectivity index (χ3n) is 11.9. The third kappa shape index (κ3) is 17.4. The van der Waals surface area contributed by atoms with Gasteiger partial charge in [-0.2, -0.15) is 0 Å². The van der Waals surface area contributed by atoms with Crippen LogP contribution in [0, 0.1) is 17.8 Å². The van der Waals surface area contributed by atoms with Crippen molar-refractivity contribution in [2.45, 2.75) is 198 Å². The number of aldehydes is 1. The molecule has 4 rings (SSSR count). The monoisotopic (exact) mass is 965 g/mol. The van der Waals surface area contributed by atoms with Gasteiger partial charge in [-0.3, -0.25) is 18.9 Å². The Labute approximate surface area is 388 Å². The molecule has 0 unspecified atom stereocenters. The van der Waals surface area contributed by atoms with E-state index in [0.717, 1.165) is 0 Å². The molecule has 4 aliphatic heterocycles. The number of carbonyl (C=O) groups is 4. The first-order chi connectivity index (χ1) is 30.7. The first-order valence-electron chi connectivity index (χ1n) is 22.6. The minimum absolute atomic E-state index is 0.0460. The Bertz CT molecular complexity index is 1670. The van der Waals surface area contributed by atoms with E-state index in [4.69, 9.17) is 47.7 Å². The van der Waals surface area contributed by atoms with Crippen LogP contribution in [-0.4, -0.2) is 173 Å². The van der Waals surface area contributed by atoms with E-state index in [1.807, 2.05) is 20.8 Å². The summed E-state index contributed by atoms with van der Waals surface area (Å²) in [6, 6.07) is -0.782. The third-order valence-corrected chi connectivity index (χ3v) is 13.1. The summed E-state index contributed by atoms with van der Waals surface area (Å²) < 4.78 is 63.2. The lowest BCUT2D eigenvalue weighted by Crippen LogP contribution is -2.66. The zero-order valence-corrected chi connectivity index (χ0v) is 41.3. The Morgan fingerprint density at radius 3 is 2.14 bits per heavy atom. The molecule has 3 saturated heterocycles. The van der Waals surface area contributed by atoms with Crippen LogP contribution in [0.4, 0.5) is 0 Å². The van der Waals surface area contributed by atoms with Gasteiger partial charge in [-0.25, -0.2) is 0 Å². The van der Waals surface area contributed by atoms with Crippen molar-refractivity contribution < 1.29 is 91.5 Å². The molecule has 0 aromatic heterocycles. The van der Waals surface area contributed by atoms with Gasteiger partial charge in [-0.1, -0.05) is 45.1 Å². The van der Waals surface area contributed by atoms with Gasteiger partial charge >= 0.3 is 25.5 Å². The van der Waals surface area contributed by atoms with Crippen LogP contribution in [0.5, 0.6) is 0 Å². The van der Waals surface area contributed by atoms with E-state index in [1.165, 1.54) is 14.0 Å². The number of aliphatic hydroxyl groups is 3. The van der Waals surface area contributed by atoms with Gasteiger partial charge in [-0.15, -0.1) is 0 Å². The summed E-state index contributed by atoms with van der Waals surface area (Å²) in [6.07, 6.45) is -4.36. The second-order valence-electron chi connectivity index (χ2n) is 18.8. The van der Waals surface area contributed by atoms with Crippen molar-refractivity contribution in [3.8, 4) is 0 Å². The molecule has 4 aliphatic rings. The van der Waals surface area contributed by atoms with E-state index in [1.54, 1.807) is 77.9 Å². The van der Waals surface area contributed by atoms with Gasteiger partial charge in [0.2, 0.25) is 0 Å². The van der Waals surface area contributed by atoms with Crippen molar-refractivity contribution in [3.63, 3.8) is 0 Å². The SMILES string of the molecule is CO[C@@H]1[C@@H](O[C@@H]2O[C@H](C)[C@@H](O[C@H]3C[C@@](C)(O)[C@@H](OC(=O)CC(C)C)[C@H](C)O3)[C@H](N(C)C)[C@H]2O)[C@@H](CC=O)C[C@@H](C)[C@@H](O)/C=C/C=C/C[C@@H](C)OC(=O)C[C@H]1OC(C)=O.C[C@@H]1O[C@@H]1P(=O)(O)O. The first kappa shape index (κ1) is 57.6. The van der Waals surface area contributed by atoms with E-state index in [9.17, 15) is 39.1 Å². The van der Waals surface area contributed by atoms with Crippen LogP contribution in [-0.2, 0) is 66.4 Å². The number of hydrogen-bond acceptors (Lipinski definition) is 18. The van der Waals surface area contributed by atoms with E-state index < -0.39 is 135 Å². The summed E-state index contributed by atoms with van der Waals surface area (Å²) in [5.41, 5.74) is -1.50. The number of carbonyl (C=O) groups excluding carboxylic acids is 4. The lowest BCUT2D eigenvalue weighted by Gasteiger charge is -2.50. The molecular weight excluding hydrogens is 889 g/mol. The molecule has 0 aromatic rings. The van der Waals surface area contributed by atoms with E-state index in [0.29, 0.717) is 12.7 Å². The molecule has 0 bridgehead atoms. The Balaban J connectivity index is 0.00000130. The predicted molar refractivity (Wildman–Crippen MR) is 236 cm³/mol. The highest BCUT2D eigenvalue weighted by Crippen LogP contribution is 2.52. The van der Waals surface area contributed by atoms with Gasteiger partial charge in [0.25, 0.3) is 0 Å². The fourth-order valence-corrected chi connectivity index (χ4v) is 9.50. The number of likely N-dealkylation sites (N-methyl/N-ethyl adjacent to an activating group) is 1. The number of rotatable bonds is 13. The lowest BCUT2D eigenvalue weighted by molar-refractivity contribution is -0.344. The highest BCUT2D eigenvalue weighted by Gasteiger charge is 2.53. The maximum atomic E-state index is 13.2. The molecule has 0 aliphatic carbocycles. The van der Waals surface area contributed by atoms with Crippen LogP contribution in [0.1, 0.15) is 101 Å². The van der Waals surface area contributed by atoms with Crippen molar-refractivity contribution in [1.29, 1.82) is 0 Å². The van der Waals surface area contributed by atoms with Crippen molar-refractivity contribution in [1.82, 2.24) is 4.90 Å². The Morgan fingerprint density at radius 1 is 0.970 bits per heavy atom. The quantitative estimate of drug-likeness (QED) is 0.0583. The average Bonchev–Trinajstić information content (AvgIpc) is 3.94. The number of hydrogen-bond donors (Lipinski definition) is 5. The molecule has 66 heavy (non-hydrogen) atoms. The summed E-state index contributed by atoms with van der Waals surface area (Å²) in [7, 11) is 0.950. The minimum Gasteiger partial charge on any atom is -0.462 e. The predicted octanol–water partition coefficient (Wildman–Crippen LogP) is 2.92. The van der Waals surface area contributed by atoms with Crippen molar-refractivity contribution >= 4 is 31.8 Å². The zero-order chi connectivity index (χ0) is 49.8. The topological polar surface area (TPSA) is 276 Å². The number of allylic oxidation sites excluding steroid dienone is 2. The Hall–Kier alpha value is -2.69. The second kappa shape index (κ2) is 25.8. The standard InChI is InChI=1S/C42H69NO15.C3H7O4P/c1-23(2)19-32(47)56-40-27(6)53-34(22-42(40,8)50)57-37-26(5)54-41(36(49)35(37)43(9)10)58-38-29(17-18-44)20-24(3)30(46)16-14-12-13-15-25(4)52-33(48)21-31(39(38)51-11)55-28(7)45;1-2-3(7-2)8(4,5)6/h12-14,16,18,23-27,29-31,34-41,46,49-50H,15,17,19-22H2,1-11H3;2-3H,1H3,(H2,4,5,6)/b13-12+,16-14+;/t24-,25-,26-,27+,29+,30+,31-,34+,35-,36-,37-,38+,39+,40+,41+,42-;2-,3+/m10/s1. The highest BCUT2D eigenvalue weighted by atomic mass is 31.2. The fraction of sp³-hybridized carbons (Fsp3) is 0.822. The summed E-state index contributed by atoms with van der Waals surface area (Å²) in [5, 5.41) is 34.6. The molecule has 0 saturated carbocycles. The summed E-state index contributed by atoms with van der Waals surface area (Å²) in [6.45, 7) is 15.1. The van der Waals surface area contributed by atoms with Gasteiger partial charge < -0.3 is 77.4 Å². The number of aliphatic hydroxyl groups excluding tert-OH is 2. The molecule has 0 spiro atoms. The first-order valence-corrected chi connectivity index (χ1v) is 24.3. The van der Waals surface area contributed by atoms with E-state index in [2.05, 4.69) is 4.74 Å². The van der Waals surface area contributed by atoms with Gasteiger partial charge in [0.05, 0.1) is 43.0 Å². The van der Waals surface area contributed by atoms with Crippen LogP contribution in [0.25, 0.3) is 0 Å². The van der Waals surface area contributed by atoms with Crippen molar-refractivity contribution in [2.75, 3.05) is 21.2 Å². The smallest absolute Gasteiger partial charge is 0.356 e. The normalized spacial score (nSPS) is 40.3. The number of cyclic esters (lactones) is 1. The molecule has 20 nitrogen and oxygen atoms in total. The molecule has 5 N–H and O–H groups in total. The van der Waals surface area contributed by atoms with Crippen molar-refractivity contribution in [3.05, 3.63) is 24.3 Å². The summed E-state index contributed by atoms with van der Waals surface area (Å²) >= 11 is 0. The number of nitrogens with zero attached hydrogens (tertiary/aromatic N) is 1. The molecule has 0 amide bonds. The minimum atomic E-state index is -3.90. The number of esters is 3. The van der Waals surface area contributed by atoms with Crippen LogP contribution in [0.3, 0.4) is 0 Å². The Morgan fingerprint density at radius 2 is 1.62 bits per heavy atom. The van der Waals surface area contributed by atoms with Crippen LogP contribution in [0.15, 0.2) is 24.3 Å². The van der Waals surface area contributed by atoms with Crippen molar-refractivity contribution in [2.24, 2.45) is 17.8 Å². The fourth-order valence-electron chi connectivity index (χ4n) is 8.61. The number of epoxide rings is 1. The lowest BCUT2D eigenvalue weighted by atomic mass is 9.82. The summed E-state index contributed by atoms with van der Waals surface area (Å²) in [5.74, 6) is -3.64. The molecule has 0 radical (unpaired) electrons. The van der Waals surface area contributed by atoms with Gasteiger partial charge in [-0.05, 0) is 72.9 Å². The van der Waals surface area contributed by atoms with Gasteiger partial charge in [0.1, 0.15) is 42.4 Å². The molecule has 4 heterocycles. The maximum Gasteiger partial charge on any atom is 0.356 e. The average molecular weight is 966 g/mol. The van der Waals surface area contributed by atoms with Gasteiger partial charge in [0, 0.05) is 39.7 Å². The van der Waals surface area contributed by atoms with E-state index >= 15 is 0 Å². The zero-order valence-electron chi connectivity index (χ0n) is 40.4. The molecule has 3 fully saturated rings. The Kier molecular flexibility index (Phi) is 22.5. The van der Waals surface area contributed by atoms with Gasteiger partial charge in [0.15, 0.2) is 24.5 Å². The molecular formula is C45H76NO19P. The second-order valence-corrected chi connectivity index (χ2v) is 20.5. The maximum absolute atomic E-state index is 13.2. The van der Waals surface area contributed by atoms with Crippen LogP contribution >= 0.6 is 7.60 Å². The molecule has 18 atom stereocenters. The largest absolute Gasteiger partial charge is 0.462 e. The van der Waals surface area contributed by atoms with E-state index in [-0.39, 0.29) is 37.7 Å². The van der Waals surface area contributed by atoms with Crippen LogP contribution < -0.4 is 0 Å². The van der Waals surface area contributed by atoms with Crippen LogP contribution in [0.2, 0.25) is 0 Å². The number of methoxy groups -OCH3 is 1. The highest BCUT2D eigenvalue weighted by molar-refractivity contribution is 7.52. The molecule has 0 aromatic carbocycles. The number of ether oxygens (including phenoxy) is 9. The summed E-state index contributed by atoms with van der Waals surface area (Å²) in [4.78, 5) is 68.9. The molecule has 21 heteroatoms.